The number of benzene rings is 1. The molecule has 0 bridgehead atoms. The normalized spacial score (nSPS) is 19.5. The lowest BCUT2D eigenvalue weighted by molar-refractivity contribution is 0.379. The molecule has 0 radical (unpaired) electrons. The van der Waals surface area contributed by atoms with E-state index < -0.39 is 10.0 Å². The van der Waals surface area contributed by atoms with Crippen molar-refractivity contribution in [1.82, 2.24) is 9.62 Å². The van der Waals surface area contributed by atoms with Gasteiger partial charge in [0.1, 0.15) is 0 Å². The van der Waals surface area contributed by atoms with Crippen molar-refractivity contribution in [1.29, 1.82) is 0 Å². The zero-order chi connectivity index (χ0) is 14.8. The average Bonchev–Trinajstić information content (AvgIpc) is 2.88. The molecule has 1 aromatic carbocycles. The highest BCUT2D eigenvalue weighted by atomic mass is 35.5. The molecule has 0 amide bonds. The summed E-state index contributed by atoms with van der Waals surface area (Å²) in [5.41, 5.74) is 0. The number of nitrogens with one attached hydrogen (secondary N) is 1. The number of halogens is 2. The molecule has 1 saturated heterocycles. The molecule has 1 atom stereocenters. The summed E-state index contributed by atoms with van der Waals surface area (Å²) in [6.07, 6.45) is 3.72. The molecule has 2 rings (SSSR count). The molecule has 0 aromatic heterocycles. The van der Waals surface area contributed by atoms with Crippen LogP contribution >= 0.6 is 35.8 Å². The number of hydrogen-bond donors (Lipinski definition) is 1. The molecule has 1 unspecified atom stereocenters. The molecule has 0 aliphatic carbocycles. The zero-order valence-electron chi connectivity index (χ0n) is 12.0. The standard InChI is InChI=1S/C13H19ClN2O2S2.ClH/c1-15-9-10-4-3-7-16(10)20(17,18)11-5-6-13(19-2)12(14)8-11;/h5-6,8,10,15H,3-4,7,9H2,1-2H3;1H. The van der Waals surface area contributed by atoms with E-state index in [-0.39, 0.29) is 23.3 Å². The summed E-state index contributed by atoms with van der Waals surface area (Å²) in [5, 5.41) is 3.55. The Hall–Kier alpha value is 0.0200. The van der Waals surface area contributed by atoms with Gasteiger partial charge in [-0.1, -0.05) is 11.6 Å². The molecule has 4 nitrogen and oxygen atoms in total. The van der Waals surface area contributed by atoms with Crippen LogP contribution in [-0.2, 0) is 10.0 Å². The predicted octanol–water partition coefficient (Wildman–Crippen LogP) is 2.86. The van der Waals surface area contributed by atoms with E-state index in [9.17, 15) is 8.42 Å². The van der Waals surface area contributed by atoms with Crippen LogP contribution in [0.25, 0.3) is 0 Å². The first-order valence-electron chi connectivity index (χ1n) is 6.50. The molecule has 8 heteroatoms. The van der Waals surface area contributed by atoms with Crippen molar-refractivity contribution in [2.45, 2.75) is 28.7 Å². The van der Waals surface area contributed by atoms with E-state index in [2.05, 4.69) is 5.32 Å². The van der Waals surface area contributed by atoms with Crippen molar-refractivity contribution in [3.63, 3.8) is 0 Å². The monoisotopic (exact) mass is 370 g/mol. The van der Waals surface area contributed by atoms with E-state index in [0.717, 1.165) is 17.7 Å². The Labute approximate surface area is 142 Å². The van der Waals surface area contributed by atoms with E-state index in [1.54, 1.807) is 22.5 Å². The van der Waals surface area contributed by atoms with Crippen molar-refractivity contribution < 1.29 is 8.42 Å². The molecule has 120 valence electrons. The number of hydrogen-bond acceptors (Lipinski definition) is 4. The second kappa shape index (κ2) is 8.04. The van der Waals surface area contributed by atoms with Crippen LogP contribution < -0.4 is 5.32 Å². The van der Waals surface area contributed by atoms with Crippen LogP contribution in [0.1, 0.15) is 12.8 Å². The van der Waals surface area contributed by atoms with E-state index in [1.165, 1.54) is 11.8 Å². The first kappa shape index (κ1) is 19.1. The fraction of sp³-hybridized carbons (Fsp3) is 0.538. The highest BCUT2D eigenvalue weighted by molar-refractivity contribution is 7.98. The summed E-state index contributed by atoms with van der Waals surface area (Å²) in [4.78, 5) is 1.17. The van der Waals surface area contributed by atoms with Crippen LogP contribution in [-0.4, -0.2) is 45.2 Å². The van der Waals surface area contributed by atoms with Gasteiger partial charge in [-0.05, 0) is 44.3 Å². The van der Waals surface area contributed by atoms with Crippen LogP contribution in [0.5, 0.6) is 0 Å². The molecule has 1 aliphatic heterocycles. The van der Waals surface area contributed by atoms with Gasteiger partial charge < -0.3 is 5.32 Å². The number of likely N-dealkylation sites (N-methyl/N-ethyl adjacent to an activating group) is 1. The third-order valence-corrected chi connectivity index (χ3v) is 6.66. The second-order valence-corrected chi connectivity index (χ2v) is 7.91. The molecular weight excluding hydrogens is 351 g/mol. The van der Waals surface area contributed by atoms with Gasteiger partial charge in [0, 0.05) is 24.0 Å². The minimum atomic E-state index is -3.46. The topological polar surface area (TPSA) is 49.4 Å². The van der Waals surface area contributed by atoms with Crippen LogP contribution in [0, 0.1) is 0 Å². The third-order valence-electron chi connectivity index (χ3n) is 3.49. The van der Waals surface area contributed by atoms with Gasteiger partial charge in [-0.15, -0.1) is 24.2 Å². The maximum absolute atomic E-state index is 12.7. The average molecular weight is 371 g/mol. The summed E-state index contributed by atoms with van der Waals surface area (Å²) < 4.78 is 27.0. The highest BCUT2D eigenvalue weighted by Gasteiger charge is 2.34. The van der Waals surface area contributed by atoms with Gasteiger partial charge in [0.25, 0.3) is 0 Å². The summed E-state index contributed by atoms with van der Waals surface area (Å²) in [6, 6.07) is 4.99. The maximum atomic E-state index is 12.7. The van der Waals surface area contributed by atoms with Crippen molar-refractivity contribution in [2.75, 3.05) is 26.4 Å². The van der Waals surface area contributed by atoms with Crippen LogP contribution in [0.2, 0.25) is 5.02 Å². The second-order valence-electron chi connectivity index (χ2n) is 4.77. The number of sulfonamides is 1. The lowest BCUT2D eigenvalue weighted by Crippen LogP contribution is -2.40. The summed E-state index contributed by atoms with van der Waals surface area (Å²) in [5.74, 6) is 0. The summed E-state index contributed by atoms with van der Waals surface area (Å²) in [6.45, 7) is 1.26. The highest BCUT2D eigenvalue weighted by Crippen LogP contribution is 2.31. The number of rotatable bonds is 5. The van der Waals surface area contributed by atoms with Gasteiger partial charge in [0.15, 0.2) is 0 Å². The molecule has 1 N–H and O–H groups in total. The van der Waals surface area contributed by atoms with Crippen molar-refractivity contribution in [3.8, 4) is 0 Å². The molecule has 1 aromatic rings. The predicted molar refractivity (Wildman–Crippen MR) is 91.3 cm³/mol. The lowest BCUT2D eigenvalue weighted by atomic mass is 10.2. The molecule has 1 heterocycles. The van der Waals surface area contributed by atoms with Gasteiger partial charge >= 0.3 is 0 Å². The first-order valence-corrected chi connectivity index (χ1v) is 9.55. The minimum Gasteiger partial charge on any atom is -0.318 e. The molecule has 0 spiro atoms. The maximum Gasteiger partial charge on any atom is 0.243 e. The molecular formula is C13H20Cl2N2O2S2. The quantitative estimate of drug-likeness (QED) is 0.809. The fourth-order valence-corrected chi connectivity index (χ4v) is 5.16. The molecule has 0 saturated carbocycles. The van der Waals surface area contributed by atoms with Crippen molar-refractivity contribution >= 4 is 45.8 Å². The van der Waals surface area contributed by atoms with Gasteiger partial charge in [-0.25, -0.2) is 8.42 Å². The number of nitrogens with zero attached hydrogens (tertiary/aromatic N) is 1. The summed E-state index contributed by atoms with van der Waals surface area (Å²) >= 11 is 7.63. The zero-order valence-corrected chi connectivity index (χ0v) is 15.2. The summed E-state index contributed by atoms with van der Waals surface area (Å²) in [7, 11) is -1.62. The molecule has 1 fully saturated rings. The third kappa shape index (κ3) is 4.06. The Bertz CT molecular complexity index is 582. The molecule has 1 aliphatic rings. The van der Waals surface area contributed by atoms with Gasteiger partial charge in [0.2, 0.25) is 10.0 Å². The van der Waals surface area contributed by atoms with Gasteiger partial charge in [-0.2, -0.15) is 4.31 Å². The largest absolute Gasteiger partial charge is 0.318 e. The van der Waals surface area contributed by atoms with E-state index in [1.807, 2.05) is 13.3 Å². The van der Waals surface area contributed by atoms with E-state index >= 15 is 0 Å². The Balaban J connectivity index is 0.00000220. The minimum absolute atomic E-state index is 0. The fourth-order valence-electron chi connectivity index (χ4n) is 2.51. The number of thioether (sulfide) groups is 1. The van der Waals surface area contributed by atoms with Crippen LogP contribution in [0.4, 0.5) is 0 Å². The van der Waals surface area contributed by atoms with Crippen molar-refractivity contribution in [3.05, 3.63) is 23.2 Å². The van der Waals surface area contributed by atoms with Crippen LogP contribution in [0.15, 0.2) is 28.0 Å². The Kier molecular flexibility index (Phi) is 7.30. The SMILES string of the molecule is CNCC1CCCN1S(=O)(=O)c1ccc(SC)c(Cl)c1.Cl. The lowest BCUT2D eigenvalue weighted by Gasteiger charge is -2.24. The van der Waals surface area contributed by atoms with Crippen molar-refractivity contribution in [2.24, 2.45) is 0 Å². The Morgan fingerprint density at radius 3 is 2.76 bits per heavy atom. The van der Waals surface area contributed by atoms with E-state index in [0.29, 0.717) is 18.1 Å². The van der Waals surface area contributed by atoms with E-state index in [4.69, 9.17) is 11.6 Å². The Morgan fingerprint density at radius 1 is 1.48 bits per heavy atom. The van der Waals surface area contributed by atoms with Gasteiger partial charge in [0.05, 0.1) is 9.92 Å². The first-order chi connectivity index (χ1) is 9.50. The van der Waals surface area contributed by atoms with Crippen LogP contribution in [0.3, 0.4) is 0 Å². The van der Waals surface area contributed by atoms with Gasteiger partial charge in [-0.3, -0.25) is 0 Å². The Morgan fingerprint density at radius 2 is 2.19 bits per heavy atom. The smallest absolute Gasteiger partial charge is 0.243 e. The molecule has 21 heavy (non-hydrogen) atoms.